The van der Waals surface area contributed by atoms with Crippen molar-refractivity contribution in [2.75, 3.05) is 18.9 Å². The fraction of sp³-hybridized carbons (Fsp3) is 0.417. The molecule has 1 atom stereocenters. The lowest BCUT2D eigenvalue weighted by Crippen LogP contribution is -2.43. The minimum atomic E-state index is -0.637. The van der Waals surface area contributed by atoms with Crippen molar-refractivity contribution in [2.45, 2.75) is 18.9 Å². The molecule has 2 heterocycles. The zero-order valence-corrected chi connectivity index (χ0v) is 10.9. The maximum absolute atomic E-state index is 11.4. The number of nitriles is 1. The van der Waals surface area contributed by atoms with Crippen LogP contribution in [0.15, 0.2) is 12.1 Å². The number of carbonyl (C=O) groups is 1. The van der Waals surface area contributed by atoms with E-state index in [0.29, 0.717) is 25.2 Å². The minimum absolute atomic E-state index is 0.0261. The summed E-state index contributed by atoms with van der Waals surface area (Å²) in [6, 6.07) is 4.46. The molecule has 1 N–H and O–H groups in total. The first-order chi connectivity index (χ1) is 9.51. The first-order valence-electron chi connectivity index (χ1n) is 6.07. The van der Waals surface area contributed by atoms with E-state index in [9.17, 15) is 14.9 Å². The molecule has 1 fully saturated rings. The Morgan fingerprint density at radius 1 is 1.60 bits per heavy atom. The molecule has 1 unspecified atom stereocenters. The Bertz CT molecular complexity index is 595. The number of hydrogen-bond acceptors (Lipinski definition) is 6. The molecule has 0 aromatic carbocycles. The Labute approximate surface area is 115 Å². The number of piperidine rings is 1. The lowest BCUT2D eigenvalue weighted by molar-refractivity contribution is -0.385. The second-order valence-electron chi connectivity index (χ2n) is 4.59. The molecule has 1 amide bonds. The van der Waals surface area contributed by atoms with Gasteiger partial charge in [-0.1, -0.05) is 0 Å². The van der Waals surface area contributed by atoms with Gasteiger partial charge in [-0.3, -0.25) is 14.9 Å². The summed E-state index contributed by atoms with van der Waals surface area (Å²) >= 11 is 0. The van der Waals surface area contributed by atoms with E-state index >= 15 is 0 Å². The second-order valence-corrected chi connectivity index (χ2v) is 4.59. The van der Waals surface area contributed by atoms with Crippen molar-refractivity contribution in [1.29, 1.82) is 5.26 Å². The maximum atomic E-state index is 11.4. The summed E-state index contributed by atoms with van der Waals surface area (Å²) in [5.41, 5.74) is -0.533. The van der Waals surface area contributed by atoms with Crippen LogP contribution in [0.4, 0.5) is 11.5 Å². The van der Waals surface area contributed by atoms with Gasteiger partial charge in [0, 0.05) is 32.1 Å². The lowest BCUT2D eigenvalue weighted by Gasteiger charge is -2.30. The molecule has 1 saturated heterocycles. The van der Waals surface area contributed by atoms with Crippen LogP contribution in [-0.2, 0) is 4.79 Å². The van der Waals surface area contributed by atoms with Gasteiger partial charge in [0.1, 0.15) is 11.9 Å². The number of pyridine rings is 1. The number of nitro groups is 1. The van der Waals surface area contributed by atoms with Gasteiger partial charge in [0.05, 0.1) is 4.92 Å². The van der Waals surface area contributed by atoms with Gasteiger partial charge in [-0.2, -0.15) is 5.26 Å². The number of rotatable bonds is 3. The van der Waals surface area contributed by atoms with Crippen LogP contribution in [0, 0.1) is 21.4 Å². The molecule has 0 aliphatic carbocycles. The monoisotopic (exact) mass is 275 g/mol. The average Bonchev–Trinajstić information content (AvgIpc) is 2.42. The smallest absolute Gasteiger partial charge is 0.305 e. The van der Waals surface area contributed by atoms with Gasteiger partial charge >= 0.3 is 5.69 Å². The van der Waals surface area contributed by atoms with Crippen LogP contribution in [0.5, 0.6) is 0 Å². The van der Waals surface area contributed by atoms with Crippen molar-refractivity contribution in [3.05, 3.63) is 27.9 Å². The molecule has 20 heavy (non-hydrogen) atoms. The Morgan fingerprint density at radius 2 is 2.35 bits per heavy atom. The van der Waals surface area contributed by atoms with E-state index < -0.39 is 4.92 Å². The second kappa shape index (κ2) is 5.52. The molecular weight excluding hydrogens is 262 g/mol. The molecule has 1 aliphatic heterocycles. The van der Waals surface area contributed by atoms with Crippen LogP contribution in [-0.4, -0.2) is 40.3 Å². The number of nitrogens with zero attached hydrogens (tertiary/aromatic N) is 4. The number of carbonyl (C=O) groups excluding carboxylic acids is 1. The Kier molecular flexibility index (Phi) is 3.79. The van der Waals surface area contributed by atoms with E-state index in [1.54, 1.807) is 18.0 Å². The summed E-state index contributed by atoms with van der Waals surface area (Å²) in [5, 5.41) is 22.7. The SMILES string of the molecule is CN1CC(Nc2ccc([N+](=O)[O-])c(C#N)n2)CCC1=O. The fourth-order valence-corrected chi connectivity index (χ4v) is 2.10. The number of aromatic nitrogens is 1. The molecule has 0 radical (unpaired) electrons. The summed E-state index contributed by atoms with van der Waals surface area (Å²) in [5.74, 6) is 0.498. The zero-order valence-electron chi connectivity index (χ0n) is 10.9. The largest absolute Gasteiger partial charge is 0.365 e. The average molecular weight is 275 g/mol. The highest BCUT2D eigenvalue weighted by Crippen LogP contribution is 2.20. The van der Waals surface area contributed by atoms with E-state index in [1.165, 1.54) is 12.1 Å². The number of hydrogen-bond donors (Lipinski definition) is 1. The van der Waals surface area contributed by atoms with Crippen molar-refractivity contribution in [1.82, 2.24) is 9.88 Å². The van der Waals surface area contributed by atoms with Crippen LogP contribution in [0.1, 0.15) is 18.5 Å². The van der Waals surface area contributed by atoms with Crippen molar-refractivity contribution in [3.63, 3.8) is 0 Å². The van der Waals surface area contributed by atoms with Crippen LogP contribution in [0.3, 0.4) is 0 Å². The molecular formula is C12H13N5O3. The summed E-state index contributed by atoms with van der Waals surface area (Å²) in [6.07, 6.45) is 1.12. The summed E-state index contributed by atoms with van der Waals surface area (Å²) in [7, 11) is 1.72. The highest BCUT2D eigenvalue weighted by Gasteiger charge is 2.23. The molecule has 0 spiro atoms. The van der Waals surface area contributed by atoms with E-state index in [4.69, 9.17) is 5.26 Å². The number of amides is 1. The molecule has 104 valence electrons. The third-order valence-electron chi connectivity index (χ3n) is 3.16. The van der Waals surface area contributed by atoms with Gasteiger partial charge in [-0.25, -0.2) is 4.98 Å². The maximum Gasteiger partial charge on any atom is 0.305 e. The summed E-state index contributed by atoms with van der Waals surface area (Å²) in [4.78, 5) is 27.0. The predicted molar refractivity (Wildman–Crippen MR) is 69.9 cm³/mol. The van der Waals surface area contributed by atoms with Gasteiger partial charge < -0.3 is 10.2 Å². The number of anilines is 1. The Morgan fingerprint density at radius 3 is 2.95 bits per heavy atom. The van der Waals surface area contributed by atoms with Crippen molar-refractivity contribution in [3.8, 4) is 6.07 Å². The number of nitrogens with one attached hydrogen (secondary N) is 1. The fourth-order valence-electron chi connectivity index (χ4n) is 2.10. The van der Waals surface area contributed by atoms with Gasteiger partial charge in [0.25, 0.3) is 0 Å². The van der Waals surface area contributed by atoms with Crippen molar-refractivity contribution >= 4 is 17.4 Å². The highest BCUT2D eigenvalue weighted by molar-refractivity contribution is 5.77. The molecule has 0 bridgehead atoms. The molecule has 2 rings (SSSR count). The Balaban J connectivity index is 2.13. The Hall–Kier alpha value is -2.69. The van der Waals surface area contributed by atoms with E-state index in [0.717, 1.165) is 0 Å². The third-order valence-corrected chi connectivity index (χ3v) is 3.16. The molecule has 1 aromatic rings. The number of likely N-dealkylation sites (N-methyl/N-ethyl adjacent to an activating group) is 1. The topological polar surface area (TPSA) is 112 Å². The standard InChI is InChI=1S/C12H13N5O3/c1-16-7-8(2-5-12(16)18)14-11-4-3-10(17(19)20)9(6-13)15-11/h3-4,8H,2,5,7H2,1H3,(H,14,15). The quantitative estimate of drug-likeness (QED) is 0.647. The van der Waals surface area contributed by atoms with Crippen LogP contribution < -0.4 is 5.32 Å². The van der Waals surface area contributed by atoms with E-state index in [1.807, 2.05) is 0 Å². The first-order valence-corrected chi connectivity index (χ1v) is 6.07. The lowest BCUT2D eigenvalue weighted by atomic mass is 10.1. The van der Waals surface area contributed by atoms with Crippen LogP contribution in [0.25, 0.3) is 0 Å². The van der Waals surface area contributed by atoms with Gasteiger partial charge in [0.15, 0.2) is 0 Å². The molecule has 8 nitrogen and oxygen atoms in total. The predicted octanol–water partition coefficient (Wildman–Crippen LogP) is 0.894. The first kappa shape index (κ1) is 13.7. The normalized spacial score (nSPS) is 18.5. The zero-order chi connectivity index (χ0) is 14.7. The molecule has 1 aromatic heterocycles. The molecule has 8 heteroatoms. The minimum Gasteiger partial charge on any atom is -0.365 e. The molecule has 1 aliphatic rings. The van der Waals surface area contributed by atoms with Gasteiger partial charge in [-0.15, -0.1) is 0 Å². The third kappa shape index (κ3) is 2.83. The number of likely N-dealkylation sites (tertiary alicyclic amines) is 1. The summed E-state index contributed by atoms with van der Waals surface area (Å²) in [6.45, 7) is 0.541. The van der Waals surface area contributed by atoms with E-state index in [2.05, 4.69) is 10.3 Å². The van der Waals surface area contributed by atoms with Crippen LogP contribution >= 0.6 is 0 Å². The summed E-state index contributed by atoms with van der Waals surface area (Å²) < 4.78 is 0. The van der Waals surface area contributed by atoms with Gasteiger partial charge in [-0.05, 0) is 12.5 Å². The van der Waals surface area contributed by atoms with E-state index in [-0.39, 0.29) is 23.3 Å². The molecule has 0 saturated carbocycles. The van der Waals surface area contributed by atoms with Gasteiger partial charge in [0.2, 0.25) is 11.6 Å². The van der Waals surface area contributed by atoms with Crippen molar-refractivity contribution in [2.24, 2.45) is 0 Å². The van der Waals surface area contributed by atoms with Crippen LogP contribution in [0.2, 0.25) is 0 Å². The highest BCUT2D eigenvalue weighted by atomic mass is 16.6. The van der Waals surface area contributed by atoms with Crippen molar-refractivity contribution < 1.29 is 9.72 Å².